The fraction of sp³-hybridized carbons (Fsp3) is 0.389. The van der Waals surface area contributed by atoms with Crippen LogP contribution in [0.4, 0.5) is 5.82 Å². The first-order valence-electron chi connectivity index (χ1n) is 8.16. The highest BCUT2D eigenvalue weighted by molar-refractivity contribution is 5.96. The maximum atomic E-state index is 12.5. The van der Waals surface area contributed by atoms with Crippen LogP contribution in [0.5, 0.6) is 5.75 Å². The number of likely N-dealkylation sites (tertiary alicyclic amines) is 1. The summed E-state index contributed by atoms with van der Waals surface area (Å²) in [5.74, 6) is 1.54. The van der Waals surface area contributed by atoms with Crippen LogP contribution in [-0.2, 0) is 6.42 Å². The summed E-state index contributed by atoms with van der Waals surface area (Å²) < 4.78 is 5.42. The molecular formula is C18H22N4O2. The van der Waals surface area contributed by atoms with Gasteiger partial charge in [0.25, 0.3) is 5.91 Å². The molecule has 1 fully saturated rings. The Balaban J connectivity index is 1.60. The van der Waals surface area contributed by atoms with E-state index in [1.165, 1.54) is 18.0 Å². The number of hydrogen-bond acceptors (Lipinski definition) is 5. The number of amides is 1. The number of benzene rings is 1. The molecule has 3 rings (SSSR count). The van der Waals surface area contributed by atoms with Crippen molar-refractivity contribution in [3.63, 3.8) is 0 Å². The van der Waals surface area contributed by atoms with E-state index in [2.05, 4.69) is 16.0 Å². The molecule has 0 spiro atoms. The molecule has 1 amide bonds. The first-order chi connectivity index (χ1) is 11.7. The quantitative estimate of drug-likeness (QED) is 0.931. The first-order valence-corrected chi connectivity index (χ1v) is 8.16. The summed E-state index contributed by atoms with van der Waals surface area (Å²) in [4.78, 5) is 22.3. The number of ether oxygens (including phenoxy) is 1. The Morgan fingerprint density at radius 3 is 2.67 bits per heavy atom. The minimum atomic E-state index is -0.128. The Kier molecular flexibility index (Phi) is 4.93. The molecule has 0 aliphatic carbocycles. The summed E-state index contributed by atoms with van der Waals surface area (Å²) >= 11 is 0. The van der Waals surface area contributed by atoms with E-state index in [4.69, 9.17) is 10.5 Å². The van der Waals surface area contributed by atoms with Gasteiger partial charge in [0.05, 0.1) is 7.11 Å². The van der Waals surface area contributed by atoms with Crippen molar-refractivity contribution >= 4 is 11.7 Å². The lowest BCUT2D eigenvalue weighted by molar-refractivity contribution is 0.0685. The third-order valence-corrected chi connectivity index (χ3v) is 4.53. The summed E-state index contributed by atoms with van der Waals surface area (Å²) in [5, 5.41) is 0. The Hall–Kier alpha value is -2.63. The normalized spacial score (nSPS) is 15.3. The van der Waals surface area contributed by atoms with Crippen LogP contribution in [0.25, 0.3) is 0 Å². The van der Waals surface area contributed by atoms with Gasteiger partial charge in [-0.3, -0.25) is 4.79 Å². The molecule has 2 heterocycles. The number of hydrogen-bond donors (Lipinski definition) is 1. The number of para-hydroxylation sites is 1. The number of nitrogen functional groups attached to an aromatic ring is 1. The van der Waals surface area contributed by atoms with Crippen molar-refractivity contribution in [3.8, 4) is 5.75 Å². The van der Waals surface area contributed by atoms with Crippen LogP contribution in [0.3, 0.4) is 0 Å². The van der Waals surface area contributed by atoms with E-state index in [1.807, 2.05) is 23.1 Å². The van der Waals surface area contributed by atoms with E-state index in [0.717, 1.165) is 25.0 Å². The van der Waals surface area contributed by atoms with Gasteiger partial charge in [-0.2, -0.15) is 0 Å². The third-order valence-electron chi connectivity index (χ3n) is 4.53. The Labute approximate surface area is 141 Å². The van der Waals surface area contributed by atoms with Gasteiger partial charge in [0.1, 0.15) is 5.75 Å². The molecule has 0 radical (unpaired) electrons. The monoisotopic (exact) mass is 326 g/mol. The van der Waals surface area contributed by atoms with Crippen LogP contribution in [0.2, 0.25) is 0 Å². The zero-order valence-corrected chi connectivity index (χ0v) is 13.8. The number of rotatable bonds is 4. The highest BCUT2D eigenvalue weighted by Crippen LogP contribution is 2.27. The molecule has 2 aromatic rings. The van der Waals surface area contributed by atoms with E-state index in [-0.39, 0.29) is 17.4 Å². The number of carbonyl (C=O) groups is 1. The van der Waals surface area contributed by atoms with Gasteiger partial charge >= 0.3 is 0 Å². The second kappa shape index (κ2) is 7.29. The highest BCUT2D eigenvalue weighted by Gasteiger charge is 2.26. The van der Waals surface area contributed by atoms with Crippen molar-refractivity contribution in [1.82, 2.24) is 14.9 Å². The molecule has 6 heteroatoms. The number of anilines is 1. The van der Waals surface area contributed by atoms with Crippen molar-refractivity contribution in [2.24, 2.45) is 5.92 Å². The molecule has 0 atom stereocenters. The van der Waals surface area contributed by atoms with Crippen LogP contribution >= 0.6 is 0 Å². The standard InChI is InChI=1S/C18H22N4O2/c1-24-15-5-3-2-4-14(15)12-13-6-10-22(11-7-13)18(23)16-17(19)21-9-8-20-16/h2-5,8-9,13H,6-7,10-12H2,1H3,(H2,19,21). The number of nitrogens with zero attached hydrogens (tertiary/aromatic N) is 3. The van der Waals surface area contributed by atoms with E-state index in [1.54, 1.807) is 7.11 Å². The van der Waals surface area contributed by atoms with Crippen LogP contribution < -0.4 is 10.5 Å². The fourth-order valence-corrected chi connectivity index (χ4v) is 3.19. The number of aromatic nitrogens is 2. The molecular weight excluding hydrogens is 304 g/mol. The average Bonchev–Trinajstić information content (AvgIpc) is 2.63. The maximum absolute atomic E-state index is 12.5. The summed E-state index contributed by atoms with van der Waals surface area (Å²) in [6, 6.07) is 8.11. The molecule has 6 nitrogen and oxygen atoms in total. The lowest BCUT2D eigenvalue weighted by Crippen LogP contribution is -2.39. The molecule has 1 aromatic carbocycles. The number of nitrogens with two attached hydrogens (primary N) is 1. The van der Waals surface area contributed by atoms with E-state index >= 15 is 0 Å². The average molecular weight is 326 g/mol. The van der Waals surface area contributed by atoms with Crippen LogP contribution in [0, 0.1) is 5.92 Å². The Morgan fingerprint density at radius 2 is 1.96 bits per heavy atom. The molecule has 1 aromatic heterocycles. The summed E-state index contributed by atoms with van der Waals surface area (Å²) in [6.07, 6.45) is 5.89. The molecule has 1 aliphatic heterocycles. The molecule has 1 saturated heterocycles. The molecule has 1 aliphatic rings. The first kappa shape index (κ1) is 16.2. The van der Waals surface area contributed by atoms with E-state index in [0.29, 0.717) is 19.0 Å². The fourth-order valence-electron chi connectivity index (χ4n) is 3.19. The second-order valence-corrected chi connectivity index (χ2v) is 6.04. The summed E-state index contributed by atoms with van der Waals surface area (Å²) in [5.41, 5.74) is 7.23. The number of piperidine rings is 1. The zero-order chi connectivity index (χ0) is 16.9. The Bertz CT molecular complexity index is 712. The number of carbonyl (C=O) groups excluding carboxylic acids is 1. The molecule has 126 valence electrons. The molecule has 0 bridgehead atoms. The topological polar surface area (TPSA) is 81.3 Å². The van der Waals surface area contributed by atoms with E-state index in [9.17, 15) is 4.79 Å². The minimum Gasteiger partial charge on any atom is -0.496 e. The largest absolute Gasteiger partial charge is 0.496 e. The van der Waals surface area contributed by atoms with Crippen LogP contribution in [0.15, 0.2) is 36.7 Å². The van der Waals surface area contributed by atoms with Crippen molar-refractivity contribution in [2.75, 3.05) is 25.9 Å². The van der Waals surface area contributed by atoms with Gasteiger partial charge in [0, 0.05) is 25.5 Å². The third kappa shape index (κ3) is 3.48. The Morgan fingerprint density at radius 1 is 1.25 bits per heavy atom. The number of methoxy groups -OCH3 is 1. The molecule has 24 heavy (non-hydrogen) atoms. The van der Waals surface area contributed by atoms with Crippen molar-refractivity contribution in [2.45, 2.75) is 19.3 Å². The minimum absolute atomic E-state index is 0.128. The second-order valence-electron chi connectivity index (χ2n) is 6.04. The smallest absolute Gasteiger partial charge is 0.276 e. The van der Waals surface area contributed by atoms with Crippen molar-refractivity contribution in [3.05, 3.63) is 47.9 Å². The summed E-state index contributed by atoms with van der Waals surface area (Å²) in [7, 11) is 1.70. The predicted octanol–water partition coefficient (Wildman–Crippen LogP) is 2.16. The summed E-state index contributed by atoms with van der Waals surface area (Å²) in [6.45, 7) is 1.43. The lowest BCUT2D eigenvalue weighted by atomic mass is 9.89. The SMILES string of the molecule is COc1ccccc1CC1CCN(C(=O)c2nccnc2N)CC1. The maximum Gasteiger partial charge on any atom is 0.276 e. The lowest BCUT2D eigenvalue weighted by Gasteiger charge is -2.32. The highest BCUT2D eigenvalue weighted by atomic mass is 16.5. The van der Waals surface area contributed by atoms with Gasteiger partial charge in [-0.25, -0.2) is 9.97 Å². The van der Waals surface area contributed by atoms with Crippen molar-refractivity contribution in [1.29, 1.82) is 0 Å². The molecule has 0 saturated carbocycles. The molecule has 2 N–H and O–H groups in total. The van der Waals surface area contributed by atoms with Crippen LogP contribution in [0.1, 0.15) is 28.9 Å². The molecule has 0 unspecified atom stereocenters. The van der Waals surface area contributed by atoms with Gasteiger partial charge in [0.15, 0.2) is 11.5 Å². The van der Waals surface area contributed by atoms with Gasteiger partial charge < -0.3 is 15.4 Å². The predicted molar refractivity (Wildman–Crippen MR) is 91.8 cm³/mol. The van der Waals surface area contributed by atoms with Gasteiger partial charge in [-0.15, -0.1) is 0 Å². The van der Waals surface area contributed by atoms with Gasteiger partial charge in [0.2, 0.25) is 0 Å². The van der Waals surface area contributed by atoms with Gasteiger partial charge in [-0.1, -0.05) is 18.2 Å². The van der Waals surface area contributed by atoms with E-state index < -0.39 is 0 Å². The van der Waals surface area contributed by atoms with Crippen molar-refractivity contribution < 1.29 is 9.53 Å². The zero-order valence-electron chi connectivity index (χ0n) is 13.8. The van der Waals surface area contributed by atoms with Crippen LogP contribution in [-0.4, -0.2) is 41.0 Å². The van der Waals surface area contributed by atoms with Gasteiger partial charge in [-0.05, 0) is 36.8 Å².